The summed E-state index contributed by atoms with van der Waals surface area (Å²) in [6.07, 6.45) is 3.09. The second kappa shape index (κ2) is 12.1. The molecule has 1 aromatic rings. The minimum Gasteiger partial charge on any atom is -0.481 e. The van der Waals surface area contributed by atoms with Crippen molar-refractivity contribution in [1.82, 2.24) is 25.9 Å². The van der Waals surface area contributed by atoms with Crippen molar-refractivity contribution in [2.75, 3.05) is 13.1 Å². The van der Waals surface area contributed by atoms with Crippen LogP contribution in [0.2, 0.25) is 0 Å². The van der Waals surface area contributed by atoms with Gasteiger partial charge in [-0.3, -0.25) is 9.59 Å². The minimum atomic E-state index is -1.31. The maximum absolute atomic E-state index is 12.7. The van der Waals surface area contributed by atoms with E-state index in [1.54, 1.807) is 0 Å². The molecule has 1 aromatic heterocycles. The van der Waals surface area contributed by atoms with Gasteiger partial charge >= 0.3 is 18.0 Å². The summed E-state index contributed by atoms with van der Waals surface area (Å²) < 4.78 is 12.7. The second-order valence-corrected chi connectivity index (χ2v) is 5.76. The van der Waals surface area contributed by atoms with Gasteiger partial charge in [0.1, 0.15) is 6.04 Å². The number of carboxylic acid groups (broad SMARTS) is 2. The summed E-state index contributed by atoms with van der Waals surface area (Å²) >= 11 is 0. The zero-order valence-electron chi connectivity index (χ0n) is 15.0. The van der Waals surface area contributed by atoms with Crippen LogP contribution >= 0.6 is 0 Å². The first-order valence-corrected chi connectivity index (χ1v) is 8.54. The fourth-order valence-corrected chi connectivity index (χ4v) is 2.07. The Balaban J connectivity index is 2.13. The molecule has 0 aliphatic heterocycles. The number of amides is 3. The first kappa shape index (κ1) is 22.7. The molecule has 0 saturated heterocycles. The Morgan fingerprint density at radius 2 is 1.61 bits per heavy atom. The number of hydrogen-bond acceptors (Lipinski definition) is 6. The zero-order valence-corrected chi connectivity index (χ0v) is 15.0. The summed E-state index contributed by atoms with van der Waals surface area (Å²) in [6, 6.07) is -1.97. The second-order valence-electron chi connectivity index (χ2n) is 5.76. The van der Waals surface area contributed by atoms with Gasteiger partial charge in [-0.05, 0) is 25.7 Å². The number of nitrogens with one attached hydrogen (secondary N) is 3. The highest BCUT2D eigenvalue weighted by molar-refractivity contribution is 5.90. The Hall–Kier alpha value is -3.31. The van der Waals surface area contributed by atoms with Crippen molar-refractivity contribution in [3.8, 4) is 0 Å². The average Bonchev–Trinajstić information content (AvgIpc) is 2.64. The average molecular weight is 398 g/mol. The number of aromatic nitrogens is 2. The van der Waals surface area contributed by atoms with E-state index in [-0.39, 0.29) is 25.2 Å². The van der Waals surface area contributed by atoms with Crippen molar-refractivity contribution in [3.63, 3.8) is 0 Å². The lowest BCUT2D eigenvalue weighted by Crippen LogP contribution is -2.46. The van der Waals surface area contributed by atoms with Crippen LogP contribution in [0.4, 0.5) is 9.18 Å². The Morgan fingerprint density at radius 1 is 1.00 bits per heavy atom. The van der Waals surface area contributed by atoms with E-state index < -0.39 is 35.7 Å². The highest BCUT2D eigenvalue weighted by Crippen LogP contribution is 1.99. The molecule has 11 nitrogen and oxygen atoms in total. The molecule has 0 unspecified atom stereocenters. The molecule has 28 heavy (non-hydrogen) atoms. The van der Waals surface area contributed by atoms with Crippen LogP contribution in [0.3, 0.4) is 0 Å². The largest absolute Gasteiger partial charge is 0.481 e. The number of urea groups is 1. The van der Waals surface area contributed by atoms with Gasteiger partial charge < -0.3 is 26.2 Å². The predicted octanol–water partition coefficient (Wildman–Crippen LogP) is 0.133. The van der Waals surface area contributed by atoms with E-state index in [0.717, 1.165) is 12.4 Å². The first-order chi connectivity index (χ1) is 13.3. The highest BCUT2D eigenvalue weighted by atomic mass is 18.2. The quantitative estimate of drug-likeness (QED) is 0.309. The van der Waals surface area contributed by atoms with Crippen LogP contribution in [0.5, 0.6) is 0 Å². The van der Waals surface area contributed by atoms with Crippen LogP contribution in [-0.4, -0.2) is 63.2 Å². The van der Waals surface area contributed by atoms with Crippen LogP contribution in [0.15, 0.2) is 12.4 Å². The van der Waals surface area contributed by atoms with Crippen molar-refractivity contribution in [1.29, 1.82) is 0 Å². The van der Waals surface area contributed by atoms with E-state index in [4.69, 9.17) is 10.2 Å². The molecule has 0 saturated carbocycles. The van der Waals surface area contributed by atoms with E-state index in [1.165, 1.54) is 0 Å². The number of nitrogens with zero attached hydrogens (tertiary/aromatic N) is 2. The number of carbonyl (C=O) groups excluding carboxylic acids is 2. The van der Waals surface area contributed by atoms with Crippen molar-refractivity contribution >= 4 is 23.9 Å². The Bertz CT molecular complexity index is 685. The van der Waals surface area contributed by atoms with Gasteiger partial charge in [0.15, 0.2) is 5.82 Å². The molecule has 0 aliphatic carbocycles. The topological polar surface area (TPSA) is 171 Å². The summed E-state index contributed by atoms with van der Waals surface area (Å²) in [6.45, 7) is 0.633. The van der Waals surface area contributed by atoms with E-state index in [9.17, 15) is 23.6 Å². The van der Waals surface area contributed by atoms with Crippen LogP contribution < -0.4 is 16.0 Å². The van der Waals surface area contributed by atoms with Gasteiger partial charge in [0.05, 0.1) is 12.4 Å². The van der Waals surface area contributed by atoms with Crippen LogP contribution in [0.25, 0.3) is 0 Å². The van der Waals surface area contributed by atoms with Crippen LogP contribution in [-0.2, 0) is 9.59 Å². The van der Waals surface area contributed by atoms with Gasteiger partial charge in [-0.1, -0.05) is 0 Å². The summed E-state index contributed by atoms with van der Waals surface area (Å²) in [4.78, 5) is 51.9. The van der Waals surface area contributed by atoms with Crippen molar-refractivity contribution in [2.24, 2.45) is 0 Å². The molecular formula is C16H22FN5O6. The smallest absolute Gasteiger partial charge is 0.326 e. The van der Waals surface area contributed by atoms with E-state index in [1.807, 2.05) is 0 Å². The molecule has 3 amide bonds. The third kappa shape index (κ3) is 9.40. The summed E-state index contributed by atoms with van der Waals surface area (Å²) in [5.74, 6) is -3.73. The Morgan fingerprint density at radius 3 is 2.18 bits per heavy atom. The molecule has 5 N–H and O–H groups in total. The zero-order chi connectivity index (χ0) is 20.9. The third-order valence-electron chi connectivity index (χ3n) is 3.50. The molecule has 1 heterocycles. The fourth-order valence-electron chi connectivity index (χ4n) is 2.07. The lowest BCUT2D eigenvalue weighted by Gasteiger charge is -2.14. The monoisotopic (exact) mass is 398 g/mol. The Kier molecular flexibility index (Phi) is 9.86. The van der Waals surface area contributed by atoms with Gasteiger partial charge in [-0.2, -0.15) is 0 Å². The molecule has 0 radical (unpaired) electrons. The van der Waals surface area contributed by atoms with Gasteiger partial charge in [0.2, 0.25) is 5.82 Å². The summed E-state index contributed by atoms with van der Waals surface area (Å²) in [7, 11) is 0. The van der Waals surface area contributed by atoms with Gasteiger partial charge in [0.25, 0.3) is 5.91 Å². The van der Waals surface area contributed by atoms with Gasteiger partial charge in [-0.15, -0.1) is 0 Å². The number of carbonyl (C=O) groups is 4. The standard InChI is InChI=1S/C16H22FN5O6/c17-10-8-20-13(21-9-10)14(25)18-6-2-1-3-7-19-16(28)22-11(15(26)27)4-5-12(23)24/h8-9,11H,1-7H2,(H,18,25)(H,23,24)(H,26,27)(H2,19,22,28)/t11-/m0/s1/i17-1. The molecule has 0 aromatic carbocycles. The maximum Gasteiger partial charge on any atom is 0.326 e. The van der Waals surface area contributed by atoms with Gasteiger partial charge in [-0.25, -0.2) is 23.9 Å². The molecule has 1 atom stereocenters. The summed E-state index contributed by atoms with van der Waals surface area (Å²) in [5, 5.41) is 24.8. The van der Waals surface area contributed by atoms with Crippen LogP contribution in [0, 0.1) is 5.82 Å². The third-order valence-corrected chi connectivity index (χ3v) is 3.50. The summed E-state index contributed by atoms with van der Waals surface area (Å²) in [5.41, 5.74) is 0. The lowest BCUT2D eigenvalue weighted by molar-refractivity contribution is -0.140. The van der Waals surface area contributed by atoms with E-state index >= 15 is 0 Å². The number of aliphatic carboxylic acids is 2. The molecule has 0 fully saturated rings. The molecular weight excluding hydrogens is 376 g/mol. The number of rotatable bonds is 12. The molecule has 0 bridgehead atoms. The molecule has 0 spiro atoms. The van der Waals surface area contributed by atoms with E-state index in [2.05, 4.69) is 25.9 Å². The molecule has 12 heteroatoms. The SMILES string of the molecule is O=C(O)CC[C@H](NC(=O)NCCCCCNC(=O)c1ncc([18F])cn1)C(=O)O. The normalized spacial score (nSPS) is 11.3. The lowest BCUT2D eigenvalue weighted by atomic mass is 10.1. The first-order valence-electron chi connectivity index (χ1n) is 8.54. The van der Waals surface area contributed by atoms with Crippen LogP contribution in [0.1, 0.15) is 42.7 Å². The molecule has 154 valence electrons. The fraction of sp³-hybridized carbons (Fsp3) is 0.500. The van der Waals surface area contributed by atoms with Crippen molar-refractivity contribution in [3.05, 3.63) is 24.0 Å². The predicted molar refractivity (Wildman–Crippen MR) is 93.0 cm³/mol. The van der Waals surface area contributed by atoms with E-state index in [0.29, 0.717) is 25.8 Å². The van der Waals surface area contributed by atoms with Crippen molar-refractivity contribution in [2.45, 2.75) is 38.1 Å². The minimum absolute atomic E-state index is 0.129. The number of carboxylic acids is 2. The van der Waals surface area contributed by atoms with Gasteiger partial charge in [0, 0.05) is 19.5 Å². The van der Waals surface area contributed by atoms with Crippen molar-refractivity contribution < 1.29 is 33.8 Å². The maximum atomic E-state index is 12.7. The number of halogens is 1. The Labute approximate surface area is 159 Å². The molecule has 1 rings (SSSR count). The number of hydrogen-bond donors (Lipinski definition) is 5. The molecule has 0 aliphatic rings. The number of unbranched alkanes of at least 4 members (excludes halogenated alkanes) is 2. The highest BCUT2D eigenvalue weighted by Gasteiger charge is 2.20.